The normalized spacial score (nSPS) is 11.7. The molecular formula is C13H14ClN3O2S. The van der Waals surface area contributed by atoms with Crippen LogP contribution < -0.4 is 5.32 Å². The third-order valence-electron chi connectivity index (χ3n) is 2.83. The van der Waals surface area contributed by atoms with Crippen molar-refractivity contribution in [3.63, 3.8) is 0 Å². The summed E-state index contributed by atoms with van der Waals surface area (Å²) >= 11 is 7.30. The molecule has 20 heavy (non-hydrogen) atoms. The molecule has 0 fully saturated rings. The van der Waals surface area contributed by atoms with Gasteiger partial charge in [-0.1, -0.05) is 24.6 Å². The summed E-state index contributed by atoms with van der Waals surface area (Å²) in [7, 11) is 1.37. The SMILES string of the molecule is CC/C(=C/CNc1c(Cl)ccc2nsnc12)C(=O)OC. The Balaban J connectivity index is 2.17. The zero-order valence-electron chi connectivity index (χ0n) is 11.1. The predicted molar refractivity (Wildman–Crippen MR) is 81.3 cm³/mol. The maximum atomic E-state index is 11.5. The van der Waals surface area contributed by atoms with Gasteiger partial charge in [0.2, 0.25) is 0 Å². The highest BCUT2D eigenvalue weighted by atomic mass is 35.5. The Morgan fingerprint density at radius 1 is 1.50 bits per heavy atom. The second kappa shape index (κ2) is 6.67. The number of hydrogen-bond acceptors (Lipinski definition) is 6. The van der Waals surface area contributed by atoms with Gasteiger partial charge in [-0.05, 0) is 18.6 Å². The molecule has 7 heteroatoms. The number of benzene rings is 1. The van der Waals surface area contributed by atoms with Crippen molar-refractivity contribution in [1.82, 2.24) is 8.75 Å². The van der Waals surface area contributed by atoms with Crippen LogP contribution in [0, 0.1) is 0 Å². The first-order valence-electron chi connectivity index (χ1n) is 6.09. The van der Waals surface area contributed by atoms with Crippen molar-refractivity contribution in [2.24, 2.45) is 0 Å². The zero-order chi connectivity index (χ0) is 14.5. The van der Waals surface area contributed by atoms with Crippen LogP contribution in [0.5, 0.6) is 0 Å². The van der Waals surface area contributed by atoms with Crippen molar-refractivity contribution in [1.29, 1.82) is 0 Å². The number of nitrogens with one attached hydrogen (secondary N) is 1. The predicted octanol–water partition coefficient (Wildman–Crippen LogP) is 3.27. The second-order valence-corrected chi connectivity index (χ2v) is 4.95. The molecule has 106 valence electrons. The van der Waals surface area contributed by atoms with Crippen LogP contribution in [0.2, 0.25) is 5.02 Å². The van der Waals surface area contributed by atoms with Gasteiger partial charge in [0.1, 0.15) is 11.0 Å². The van der Waals surface area contributed by atoms with Crippen molar-refractivity contribution in [2.45, 2.75) is 13.3 Å². The summed E-state index contributed by atoms with van der Waals surface area (Å²) in [4.78, 5) is 11.5. The fourth-order valence-electron chi connectivity index (χ4n) is 1.77. The van der Waals surface area contributed by atoms with E-state index in [0.29, 0.717) is 23.6 Å². The Morgan fingerprint density at radius 3 is 3.00 bits per heavy atom. The molecule has 1 aromatic heterocycles. The monoisotopic (exact) mass is 311 g/mol. The van der Waals surface area contributed by atoms with Crippen molar-refractivity contribution in [3.8, 4) is 0 Å². The Kier molecular flexibility index (Phi) is 4.92. The van der Waals surface area contributed by atoms with Gasteiger partial charge in [0.25, 0.3) is 0 Å². The first-order chi connectivity index (χ1) is 9.67. The van der Waals surface area contributed by atoms with E-state index in [1.165, 1.54) is 7.11 Å². The van der Waals surface area contributed by atoms with Crippen molar-refractivity contribution in [3.05, 3.63) is 28.8 Å². The molecule has 0 unspecified atom stereocenters. The lowest BCUT2D eigenvalue weighted by atomic mass is 10.2. The van der Waals surface area contributed by atoms with Crippen LogP contribution in [0.3, 0.4) is 0 Å². The van der Waals surface area contributed by atoms with Gasteiger partial charge in [-0.15, -0.1) is 0 Å². The number of methoxy groups -OCH3 is 1. The fourth-order valence-corrected chi connectivity index (χ4v) is 2.54. The number of rotatable bonds is 5. The molecule has 1 aromatic carbocycles. The average Bonchev–Trinajstić information content (AvgIpc) is 2.93. The summed E-state index contributed by atoms with van der Waals surface area (Å²) in [6.07, 6.45) is 2.41. The number of fused-ring (bicyclic) bond motifs is 1. The van der Waals surface area contributed by atoms with E-state index in [9.17, 15) is 4.79 Å². The number of esters is 1. The van der Waals surface area contributed by atoms with Crippen LogP contribution in [0.1, 0.15) is 13.3 Å². The third-order valence-corrected chi connectivity index (χ3v) is 3.69. The molecule has 0 aliphatic carbocycles. The molecule has 2 rings (SSSR count). The largest absolute Gasteiger partial charge is 0.466 e. The lowest BCUT2D eigenvalue weighted by molar-refractivity contribution is -0.136. The van der Waals surface area contributed by atoms with Gasteiger partial charge in [-0.3, -0.25) is 0 Å². The Hall–Kier alpha value is -1.66. The quantitative estimate of drug-likeness (QED) is 0.678. The molecule has 0 saturated carbocycles. The Bertz CT molecular complexity index is 654. The van der Waals surface area contributed by atoms with Gasteiger partial charge >= 0.3 is 5.97 Å². The average molecular weight is 312 g/mol. The van der Waals surface area contributed by atoms with E-state index in [2.05, 4.69) is 14.1 Å². The van der Waals surface area contributed by atoms with E-state index in [1.807, 2.05) is 13.0 Å². The minimum atomic E-state index is -0.311. The molecule has 0 saturated heterocycles. The van der Waals surface area contributed by atoms with Crippen LogP contribution in [-0.2, 0) is 9.53 Å². The molecule has 0 amide bonds. The minimum Gasteiger partial charge on any atom is -0.466 e. The summed E-state index contributed by atoms with van der Waals surface area (Å²) in [5.74, 6) is -0.311. The molecule has 5 nitrogen and oxygen atoms in total. The molecule has 0 aliphatic heterocycles. The number of ether oxygens (including phenoxy) is 1. The maximum absolute atomic E-state index is 11.5. The molecular weight excluding hydrogens is 298 g/mol. The van der Waals surface area contributed by atoms with Crippen LogP contribution in [0.25, 0.3) is 11.0 Å². The summed E-state index contributed by atoms with van der Waals surface area (Å²) in [6, 6.07) is 3.60. The molecule has 0 aliphatic rings. The van der Waals surface area contributed by atoms with Gasteiger partial charge in [0, 0.05) is 12.1 Å². The highest BCUT2D eigenvalue weighted by Gasteiger charge is 2.10. The minimum absolute atomic E-state index is 0.311. The van der Waals surface area contributed by atoms with E-state index < -0.39 is 0 Å². The van der Waals surface area contributed by atoms with Crippen molar-refractivity contribution >= 4 is 46.0 Å². The molecule has 0 bridgehead atoms. The first-order valence-corrected chi connectivity index (χ1v) is 7.20. The lowest BCUT2D eigenvalue weighted by Gasteiger charge is -2.07. The molecule has 0 atom stereocenters. The van der Waals surface area contributed by atoms with E-state index in [-0.39, 0.29) is 5.97 Å². The number of carbonyl (C=O) groups is 1. The van der Waals surface area contributed by atoms with Gasteiger partial charge in [0.15, 0.2) is 0 Å². The Morgan fingerprint density at radius 2 is 2.30 bits per heavy atom. The van der Waals surface area contributed by atoms with E-state index in [4.69, 9.17) is 16.3 Å². The van der Waals surface area contributed by atoms with Crippen molar-refractivity contribution in [2.75, 3.05) is 19.0 Å². The third kappa shape index (κ3) is 3.08. The number of aromatic nitrogens is 2. The summed E-state index contributed by atoms with van der Waals surface area (Å²) < 4.78 is 13.1. The van der Waals surface area contributed by atoms with E-state index in [0.717, 1.165) is 28.4 Å². The number of halogens is 1. The highest BCUT2D eigenvalue weighted by molar-refractivity contribution is 7.00. The Labute approximate surface area is 125 Å². The van der Waals surface area contributed by atoms with E-state index >= 15 is 0 Å². The van der Waals surface area contributed by atoms with Crippen LogP contribution in [0.4, 0.5) is 5.69 Å². The topological polar surface area (TPSA) is 64.1 Å². The highest BCUT2D eigenvalue weighted by Crippen LogP contribution is 2.29. The van der Waals surface area contributed by atoms with Gasteiger partial charge in [0.05, 0.1) is 29.5 Å². The van der Waals surface area contributed by atoms with Crippen LogP contribution in [0.15, 0.2) is 23.8 Å². The van der Waals surface area contributed by atoms with E-state index in [1.54, 1.807) is 12.1 Å². The molecule has 0 radical (unpaired) electrons. The number of hydrogen-bond donors (Lipinski definition) is 1. The summed E-state index contributed by atoms with van der Waals surface area (Å²) in [5.41, 5.74) is 2.90. The smallest absolute Gasteiger partial charge is 0.333 e. The number of nitrogens with zero attached hydrogens (tertiary/aromatic N) is 2. The van der Waals surface area contributed by atoms with Crippen LogP contribution in [-0.4, -0.2) is 28.4 Å². The summed E-state index contributed by atoms with van der Waals surface area (Å²) in [5, 5.41) is 3.75. The summed E-state index contributed by atoms with van der Waals surface area (Å²) in [6.45, 7) is 2.37. The maximum Gasteiger partial charge on any atom is 0.333 e. The standard InChI is InChI=1S/C13H14ClN3O2S/c1-3-8(13(18)19-2)6-7-15-11-9(14)4-5-10-12(11)17-20-16-10/h4-6,15H,3,7H2,1-2H3/b8-6-. The molecule has 2 aromatic rings. The van der Waals surface area contributed by atoms with Gasteiger partial charge in [-0.2, -0.15) is 8.75 Å². The lowest BCUT2D eigenvalue weighted by Crippen LogP contribution is -2.07. The molecule has 0 spiro atoms. The van der Waals surface area contributed by atoms with Gasteiger partial charge < -0.3 is 10.1 Å². The fraction of sp³-hybridized carbons (Fsp3) is 0.308. The number of anilines is 1. The molecule has 1 heterocycles. The second-order valence-electron chi connectivity index (χ2n) is 4.01. The zero-order valence-corrected chi connectivity index (χ0v) is 12.7. The molecule has 1 N–H and O–H groups in total. The van der Waals surface area contributed by atoms with Crippen LogP contribution >= 0.6 is 23.3 Å². The van der Waals surface area contributed by atoms with Crippen molar-refractivity contribution < 1.29 is 9.53 Å². The number of carbonyl (C=O) groups excluding carboxylic acids is 1. The first kappa shape index (κ1) is 14.7. The van der Waals surface area contributed by atoms with Gasteiger partial charge in [-0.25, -0.2) is 4.79 Å².